The predicted octanol–water partition coefficient (Wildman–Crippen LogP) is 3.93. The first kappa shape index (κ1) is 15.7. The van der Waals surface area contributed by atoms with Crippen LogP contribution in [0.4, 0.5) is 0 Å². The molecule has 0 aromatic heterocycles. The SMILES string of the molecule is O=C(c1ccccc1)C(Cc1ccccc1)[Se]c1ccccc1. The Hall–Kier alpha value is -2.15. The van der Waals surface area contributed by atoms with Gasteiger partial charge in [0.15, 0.2) is 0 Å². The van der Waals surface area contributed by atoms with Gasteiger partial charge in [-0.2, -0.15) is 0 Å². The molecule has 0 aliphatic heterocycles. The molecule has 0 aliphatic rings. The van der Waals surface area contributed by atoms with Crippen molar-refractivity contribution >= 4 is 25.2 Å². The summed E-state index contributed by atoms with van der Waals surface area (Å²) in [5.74, 6) is 0.248. The van der Waals surface area contributed by atoms with Crippen LogP contribution in [0.2, 0.25) is 4.82 Å². The summed E-state index contributed by atoms with van der Waals surface area (Å²) in [6.45, 7) is 0. The number of hydrogen-bond donors (Lipinski definition) is 0. The van der Waals surface area contributed by atoms with Gasteiger partial charge in [-0.1, -0.05) is 0 Å². The van der Waals surface area contributed by atoms with E-state index in [1.54, 1.807) is 0 Å². The van der Waals surface area contributed by atoms with E-state index in [0.29, 0.717) is 0 Å². The molecule has 1 nitrogen and oxygen atoms in total. The van der Waals surface area contributed by atoms with Crippen molar-refractivity contribution in [1.29, 1.82) is 0 Å². The Labute approximate surface area is 143 Å². The second kappa shape index (κ2) is 7.92. The van der Waals surface area contributed by atoms with Crippen LogP contribution in [0, 0.1) is 0 Å². The first-order valence-corrected chi connectivity index (χ1v) is 9.52. The van der Waals surface area contributed by atoms with Gasteiger partial charge in [0.1, 0.15) is 0 Å². The van der Waals surface area contributed by atoms with Gasteiger partial charge in [0, 0.05) is 0 Å². The standard InChI is InChI=1S/C21H18OSe/c22-21(18-12-6-2-7-13-18)20(16-17-10-4-1-5-11-17)23-19-14-8-3-9-15-19/h1-15,20H,16H2. The Morgan fingerprint density at radius 1 is 0.739 bits per heavy atom. The van der Waals surface area contributed by atoms with E-state index in [1.165, 1.54) is 10.0 Å². The third-order valence-electron chi connectivity index (χ3n) is 3.64. The number of carbonyl (C=O) groups excluding carboxylic acids is 1. The van der Waals surface area contributed by atoms with Gasteiger partial charge < -0.3 is 0 Å². The van der Waals surface area contributed by atoms with Crippen molar-refractivity contribution in [1.82, 2.24) is 0 Å². The number of Topliss-reactive ketones (excluding diaryl/α,β-unsaturated/α-hetero) is 1. The molecule has 2 heteroatoms. The summed E-state index contributed by atoms with van der Waals surface area (Å²) in [7, 11) is 0. The molecule has 0 radical (unpaired) electrons. The van der Waals surface area contributed by atoms with E-state index < -0.39 is 0 Å². The molecule has 3 aromatic carbocycles. The Kier molecular flexibility index (Phi) is 5.41. The van der Waals surface area contributed by atoms with E-state index >= 15 is 0 Å². The molecule has 3 aromatic rings. The summed E-state index contributed by atoms with van der Waals surface area (Å²) in [5.41, 5.74) is 2.03. The molecule has 1 atom stereocenters. The van der Waals surface area contributed by atoms with Crippen molar-refractivity contribution in [3.05, 3.63) is 102 Å². The Bertz CT molecular complexity index is 697. The van der Waals surface area contributed by atoms with Crippen LogP contribution in [-0.2, 0) is 6.42 Å². The average Bonchev–Trinajstić information content (AvgIpc) is 2.63. The average molecular weight is 365 g/mol. The summed E-state index contributed by atoms with van der Waals surface area (Å²) in [6.07, 6.45) is 0.795. The molecule has 0 saturated heterocycles. The molecule has 0 heterocycles. The molecule has 0 aliphatic carbocycles. The second-order valence-corrected chi connectivity index (χ2v) is 8.02. The van der Waals surface area contributed by atoms with Crippen molar-refractivity contribution in [2.45, 2.75) is 11.2 Å². The van der Waals surface area contributed by atoms with Crippen LogP contribution in [0.25, 0.3) is 0 Å². The fourth-order valence-corrected chi connectivity index (χ4v) is 4.91. The molecule has 0 bridgehead atoms. The van der Waals surface area contributed by atoms with E-state index in [9.17, 15) is 4.79 Å². The minimum absolute atomic E-state index is 0.0229. The molecule has 3 rings (SSSR count). The van der Waals surface area contributed by atoms with E-state index in [2.05, 4.69) is 24.3 Å². The molecule has 0 amide bonds. The maximum atomic E-state index is 13.0. The van der Waals surface area contributed by atoms with Gasteiger partial charge in [-0.15, -0.1) is 0 Å². The van der Waals surface area contributed by atoms with Crippen LogP contribution < -0.4 is 4.46 Å². The molecule has 114 valence electrons. The number of ketones is 1. The topological polar surface area (TPSA) is 17.1 Å². The molecule has 0 fully saturated rings. The van der Waals surface area contributed by atoms with Crippen molar-refractivity contribution in [2.75, 3.05) is 0 Å². The van der Waals surface area contributed by atoms with Gasteiger partial charge >= 0.3 is 143 Å². The van der Waals surface area contributed by atoms with Crippen LogP contribution >= 0.6 is 0 Å². The number of rotatable bonds is 6. The molecule has 0 spiro atoms. The minimum atomic E-state index is 0.0229. The summed E-state index contributed by atoms with van der Waals surface area (Å²) in [4.78, 5) is 13.0. The summed E-state index contributed by atoms with van der Waals surface area (Å²) < 4.78 is 1.27. The fourth-order valence-electron chi connectivity index (χ4n) is 2.47. The first-order chi connectivity index (χ1) is 11.3. The Balaban J connectivity index is 1.85. The molecule has 23 heavy (non-hydrogen) atoms. The van der Waals surface area contributed by atoms with Crippen molar-refractivity contribution in [3.8, 4) is 0 Å². The van der Waals surface area contributed by atoms with Crippen LogP contribution in [-0.4, -0.2) is 20.7 Å². The number of carbonyl (C=O) groups is 1. The number of hydrogen-bond acceptors (Lipinski definition) is 1. The van der Waals surface area contributed by atoms with E-state index in [-0.39, 0.29) is 25.6 Å². The molecular formula is C21H18OSe. The van der Waals surface area contributed by atoms with Crippen LogP contribution in [0.3, 0.4) is 0 Å². The van der Waals surface area contributed by atoms with Gasteiger partial charge in [-0.3, -0.25) is 0 Å². The summed E-state index contributed by atoms with van der Waals surface area (Å²) in [6, 6.07) is 30.3. The molecule has 1 unspecified atom stereocenters. The van der Waals surface area contributed by atoms with Gasteiger partial charge in [0.25, 0.3) is 0 Å². The van der Waals surface area contributed by atoms with Crippen LogP contribution in [0.15, 0.2) is 91.0 Å². The summed E-state index contributed by atoms with van der Waals surface area (Å²) in [5, 5.41) is 0. The van der Waals surface area contributed by atoms with Crippen LogP contribution in [0.5, 0.6) is 0 Å². The van der Waals surface area contributed by atoms with Gasteiger partial charge in [0.2, 0.25) is 0 Å². The maximum absolute atomic E-state index is 13.0. The van der Waals surface area contributed by atoms with E-state index in [1.807, 2.05) is 66.7 Å². The third-order valence-corrected chi connectivity index (χ3v) is 6.17. The Morgan fingerprint density at radius 3 is 1.87 bits per heavy atom. The zero-order chi connectivity index (χ0) is 15.9. The van der Waals surface area contributed by atoms with E-state index in [0.717, 1.165) is 12.0 Å². The zero-order valence-corrected chi connectivity index (χ0v) is 14.5. The fraction of sp³-hybridized carbons (Fsp3) is 0.0952. The number of benzene rings is 3. The normalized spacial score (nSPS) is 11.8. The van der Waals surface area contributed by atoms with E-state index in [4.69, 9.17) is 0 Å². The van der Waals surface area contributed by atoms with Gasteiger partial charge in [-0.05, 0) is 0 Å². The predicted molar refractivity (Wildman–Crippen MR) is 96.5 cm³/mol. The first-order valence-electron chi connectivity index (χ1n) is 7.68. The van der Waals surface area contributed by atoms with Gasteiger partial charge in [0.05, 0.1) is 0 Å². The van der Waals surface area contributed by atoms with Crippen molar-refractivity contribution in [2.24, 2.45) is 0 Å². The van der Waals surface area contributed by atoms with Crippen molar-refractivity contribution < 1.29 is 4.79 Å². The van der Waals surface area contributed by atoms with Crippen LogP contribution in [0.1, 0.15) is 15.9 Å². The van der Waals surface area contributed by atoms with Crippen molar-refractivity contribution in [3.63, 3.8) is 0 Å². The second-order valence-electron chi connectivity index (χ2n) is 5.34. The molecule has 0 saturated carbocycles. The monoisotopic (exact) mass is 366 g/mol. The Morgan fingerprint density at radius 2 is 1.26 bits per heavy atom. The molecule has 0 N–H and O–H groups in total. The molecular weight excluding hydrogens is 347 g/mol. The van der Waals surface area contributed by atoms with Gasteiger partial charge in [-0.25, -0.2) is 0 Å². The zero-order valence-electron chi connectivity index (χ0n) is 12.8. The summed E-state index contributed by atoms with van der Waals surface area (Å²) >= 11 is 0.115. The quantitative estimate of drug-likeness (QED) is 0.478. The third kappa shape index (κ3) is 4.41.